The van der Waals surface area contributed by atoms with Crippen LogP contribution in [-0.4, -0.2) is 34.2 Å². The van der Waals surface area contributed by atoms with Crippen molar-refractivity contribution >= 4 is 13.1 Å². The van der Waals surface area contributed by atoms with E-state index in [2.05, 4.69) is 5.73 Å². The molecule has 0 aromatic carbocycles. The van der Waals surface area contributed by atoms with Crippen LogP contribution >= 0.6 is 0 Å². The summed E-state index contributed by atoms with van der Waals surface area (Å²) >= 11 is 0. The van der Waals surface area contributed by atoms with Crippen LogP contribution in [0.1, 0.15) is 0 Å². The predicted molar refractivity (Wildman–Crippen MR) is 25.8 cm³/mol. The first-order chi connectivity index (χ1) is 3.55. The average Bonchev–Trinajstić information content (AvgIpc) is 1.64. The fraction of sp³-hybridized carbons (Fsp3) is 0.500. The molecule has 5 N–H and O–H groups in total. The average molecular weight is 119 g/mol. The lowest BCUT2D eigenvalue weighted by Crippen LogP contribution is -2.45. The molecule has 0 aliphatic rings. The third-order valence-electron chi connectivity index (χ3n) is 0.606. The second-order valence-corrected chi connectivity index (χ2v) is 1.28. The maximum absolute atomic E-state index is 9.70. The molecule has 5 nitrogen and oxygen atoms in total. The normalized spacial score (nSPS) is 12.9. The van der Waals surface area contributed by atoms with Crippen molar-refractivity contribution in [3.8, 4) is 0 Å². The number of carbonyl (C=O) groups is 1. The minimum atomic E-state index is -1.98. The Balaban J connectivity index is 3.64. The van der Waals surface area contributed by atoms with E-state index in [0.29, 0.717) is 0 Å². The van der Waals surface area contributed by atoms with Crippen molar-refractivity contribution in [3.63, 3.8) is 0 Å². The SMILES string of the molecule is NC(B(O)O)C(=O)O. The molecule has 1 unspecified atom stereocenters. The van der Waals surface area contributed by atoms with Gasteiger partial charge in [-0.1, -0.05) is 0 Å². The zero-order valence-electron chi connectivity index (χ0n) is 3.98. The first-order valence-corrected chi connectivity index (χ1v) is 1.90. The van der Waals surface area contributed by atoms with Crippen molar-refractivity contribution < 1.29 is 19.9 Å². The van der Waals surface area contributed by atoms with E-state index in [0.717, 1.165) is 0 Å². The van der Waals surface area contributed by atoms with Gasteiger partial charge in [0.1, 0.15) is 5.94 Å². The van der Waals surface area contributed by atoms with Crippen molar-refractivity contribution in [1.82, 2.24) is 0 Å². The number of rotatable bonds is 2. The van der Waals surface area contributed by atoms with Gasteiger partial charge >= 0.3 is 13.1 Å². The van der Waals surface area contributed by atoms with Gasteiger partial charge in [0, 0.05) is 0 Å². The van der Waals surface area contributed by atoms with Gasteiger partial charge in [0.15, 0.2) is 0 Å². The zero-order chi connectivity index (χ0) is 6.73. The maximum Gasteiger partial charge on any atom is 0.481 e. The predicted octanol–water partition coefficient (Wildman–Crippen LogP) is -2.59. The van der Waals surface area contributed by atoms with E-state index < -0.39 is 19.0 Å². The number of carboxylic acids is 1. The van der Waals surface area contributed by atoms with Crippen LogP contribution < -0.4 is 5.73 Å². The van der Waals surface area contributed by atoms with Gasteiger partial charge in [-0.05, 0) is 0 Å². The Morgan fingerprint density at radius 2 is 2.00 bits per heavy atom. The highest BCUT2D eigenvalue weighted by Gasteiger charge is 2.25. The van der Waals surface area contributed by atoms with Crippen molar-refractivity contribution in [2.75, 3.05) is 0 Å². The molecule has 0 bridgehead atoms. The minimum absolute atomic E-state index is 1.43. The third kappa shape index (κ3) is 1.92. The van der Waals surface area contributed by atoms with Gasteiger partial charge in [-0.2, -0.15) is 0 Å². The molecule has 0 aliphatic carbocycles. The molecule has 46 valence electrons. The van der Waals surface area contributed by atoms with Gasteiger partial charge in [-0.25, -0.2) is 0 Å². The molecule has 0 spiro atoms. The molecule has 0 aromatic heterocycles. The Hall–Kier alpha value is -0.585. The molecule has 1 atom stereocenters. The van der Waals surface area contributed by atoms with Crippen LogP contribution in [0.15, 0.2) is 0 Å². The van der Waals surface area contributed by atoms with E-state index in [1.807, 2.05) is 0 Å². The summed E-state index contributed by atoms with van der Waals surface area (Å²) in [5, 5.41) is 24.0. The van der Waals surface area contributed by atoms with Crippen molar-refractivity contribution in [2.45, 2.75) is 5.94 Å². The van der Waals surface area contributed by atoms with Crippen molar-refractivity contribution in [1.29, 1.82) is 0 Å². The lowest BCUT2D eigenvalue weighted by Gasteiger charge is -2.00. The maximum atomic E-state index is 9.70. The van der Waals surface area contributed by atoms with Gasteiger partial charge in [0.25, 0.3) is 0 Å². The number of nitrogens with two attached hydrogens (primary N) is 1. The molecule has 8 heavy (non-hydrogen) atoms. The summed E-state index contributed by atoms with van der Waals surface area (Å²) in [7, 11) is -1.98. The third-order valence-corrected chi connectivity index (χ3v) is 0.606. The summed E-state index contributed by atoms with van der Waals surface area (Å²) in [6.45, 7) is 0. The summed E-state index contributed by atoms with van der Waals surface area (Å²) in [6, 6.07) is 0. The Morgan fingerprint density at radius 3 is 2.00 bits per heavy atom. The van der Waals surface area contributed by atoms with E-state index in [4.69, 9.17) is 15.2 Å². The Labute approximate surface area is 45.9 Å². The van der Waals surface area contributed by atoms with Crippen LogP contribution in [0.3, 0.4) is 0 Å². The van der Waals surface area contributed by atoms with Crippen LogP contribution in [0.2, 0.25) is 0 Å². The summed E-state index contributed by atoms with van der Waals surface area (Å²) in [4.78, 5) is 9.70. The van der Waals surface area contributed by atoms with Crippen LogP contribution in [0.5, 0.6) is 0 Å². The number of carboxylic acid groups (broad SMARTS) is 1. The molecule has 0 fully saturated rings. The highest BCUT2D eigenvalue weighted by atomic mass is 16.4. The van der Waals surface area contributed by atoms with Crippen LogP contribution in [0.4, 0.5) is 0 Å². The highest BCUT2D eigenvalue weighted by Crippen LogP contribution is 1.77. The van der Waals surface area contributed by atoms with Gasteiger partial charge in [0.2, 0.25) is 0 Å². The second kappa shape index (κ2) is 2.66. The van der Waals surface area contributed by atoms with Crippen molar-refractivity contribution in [3.05, 3.63) is 0 Å². The van der Waals surface area contributed by atoms with Gasteiger partial charge < -0.3 is 20.9 Å². The summed E-state index contributed by atoms with van der Waals surface area (Å²) in [5.41, 5.74) is 4.66. The molecule has 0 radical (unpaired) electrons. The Kier molecular flexibility index (Phi) is 2.46. The molecular weight excluding hydrogens is 113 g/mol. The molecule has 0 rings (SSSR count). The second-order valence-electron chi connectivity index (χ2n) is 1.28. The molecule has 0 saturated carbocycles. The first kappa shape index (κ1) is 7.41. The summed E-state index contributed by atoms with van der Waals surface area (Å²) < 4.78 is 0. The molecule has 0 aliphatic heterocycles. The Bertz CT molecular complexity index is 94.0. The van der Waals surface area contributed by atoms with E-state index >= 15 is 0 Å². The largest absolute Gasteiger partial charge is 0.481 e. The summed E-state index contributed by atoms with van der Waals surface area (Å²) in [6.07, 6.45) is 0. The number of hydrogen-bond donors (Lipinski definition) is 4. The van der Waals surface area contributed by atoms with Crippen LogP contribution in [0.25, 0.3) is 0 Å². The molecular formula is C2H6BNO4. The molecule has 0 aromatic rings. The zero-order valence-corrected chi connectivity index (χ0v) is 3.98. The van der Waals surface area contributed by atoms with E-state index in [1.165, 1.54) is 0 Å². The Morgan fingerprint density at radius 1 is 1.62 bits per heavy atom. The monoisotopic (exact) mass is 119 g/mol. The molecule has 0 heterocycles. The highest BCUT2D eigenvalue weighted by molar-refractivity contribution is 6.48. The van der Waals surface area contributed by atoms with E-state index in [-0.39, 0.29) is 0 Å². The standard InChI is InChI=1S/C2H6BNO4/c4-1(2(5)6)3(7)8/h1,7-8H,4H2,(H,5,6). The molecule has 6 heteroatoms. The van der Waals surface area contributed by atoms with E-state index in [9.17, 15) is 4.79 Å². The molecule has 0 amide bonds. The topological polar surface area (TPSA) is 104 Å². The number of hydrogen-bond acceptors (Lipinski definition) is 4. The number of aliphatic carboxylic acids is 1. The quantitative estimate of drug-likeness (QED) is 0.298. The lowest BCUT2D eigenvalue weighted by molar-refractivity contribution is -0.137. The van der Waals surface area contributed by atoms with Crippen molar-refractivity contribution in [2.24, 2.45) is 5.73 Å². The first-order valence-electron chi connectivity index (χ1n) is 1.90. The summed E-state index contributed by atoms with van der Waals surface area (Å²) in [5.74, 6) is -3.03. The minimum Gasteiger partial charge on any atom is -0.480 e. The fourth-order valence-corrected chi connectivity index (χ4v) is 0.128. The van der Waals surface area contributed by atoms with Crippen LogP contribution in [0, 0.1) is 0 Å². The van der Waals surface area contributed by atoms with Gasteiger partial charge in [-0.15, -0.1) is 0 Å². The van der Waals surface area contributed by atoms with Crippen LogP contribution in [-0.2, 0) is 4.79 Å². The lowest BCUT2D eigenvalue weighted by atomic mass is 9.80. The van der Waals surface area contributed by atoms with Gasteiger partial charge in [-0.3, -0.25) is 4.79 Å². The smallest absolute Gasteiger partial charge is 0.480 e. The fourth-order valence-electron chi connectivity index (χ4n) is 0.128. The van der Waals surface area contributed by atoms with Gasteiger partial charge in [0.05, 0.1) is 0 Å². The van der Waals surface area contributed by atoms with E-state index in [1.54, 1.807) is 0 Å². The molecule has 0 saturated heterocycles.